The molecule has 11 atom stereocenters. The van der Waals surface area contributed by atoms with Gasteiger partial charge in [-0.15, -0.1) is 5.06 Å². The van der Waals surface area contributed by atoms with Crippen molar-refractivity contribution < 1.29 is 53.2 Å². The molecule has 5 saturated heterocycles. The lowest BCUT2D eigenvalue weighted by Crippen LogP contribution is -2.59. The predicted molar refractivity (Wildman–Crippen MR) is 178 cm³/mol. The predicted octanol–water partition coefficient (Wildman–Crippen LogP) is 2.84. The first-order valence-electron chi connectivity index (χ1n) is 17.7. The first-order valence-corrected chi connectivity index (χ1v) is 17.7. The Kier molecular flexibility index (Phi) is 12.3. The molecule has 14 nitrogen and oxygen atoms in total. The van der Waals surface area contributed by atoms with Gasteiger partial charge < -0.3 is 39.5 Å². The number of hydrogen-bond acceptors (Lipinski definition) is 11. The van der Waals surface area contributed by atoms with Crippen LogP contribution in [0.4, 0.5) is 4.79 Å². The number of carbonyl (C=O) groups excluding carboxylic acids is 4. The third-order valence-corrected chi connectivity index (χ3v) is 10.7. The zero-order valence-electron chi connectivity index (χ0n) is 29.3. The summed E-state index contributed by atoms with van der Waals surface area (Å²) in [5.74, 6) is -1.67. The molecule has 5 aliphatic heterocycles. The molecule has 0 aliphatic carbocycles. The fraction of sp³-hybridized carbons (Fsp3) is 0.694. The van der Waals surface area contributed by atoms with E-state index in [4.69, 9.17) is 19.0 Å². The lowest BCUT2D eigenvalue weighted by Gasteiger charge is -2.44. The van der Waals surface area contributed by atoms with Crippen LogP contribution in [0.2, 0.25) is 0 Å². The molecule has 5 aliphatic rings. The maximum absolute atomic E-state index is 12.5. The van der Waals surface area contributed by atoms with E-state index in [2.05, 4.69) is 18.3 Å². The molecule has 3 N–H and O–H groups in total. The molecule has 276 valence electrons. The van der Waals surface area contributed by atoms with Crippen LogP contribution >= 0.6 is 0 Å². The Labute approximate surface area is 292 Å². The zero-order valence-corrected chi connectivity index (χ0v) is 29.3. The summed E-state index contributed by atoms with van der Waals surface area (Å²) in [7, 11) is 0. The van der Waals surface area contributed by atoms with Crippen LogP contribution in [-0.2, 0) is 38.2 Å². The highest BCUT2D eigenvalue weighted by Gasteiger charge is 2.58. The minimum absolute atomic E-state index is 0.00692. The molecular formula is C36H51N3O11. The van der Waals surface area contributed by atoms with Crippen LogP contribution in [-0.4, -0.2) is 118 Å². The summed E-state index contributed by atoms with van der Waals surface area (Å²) >= 11 is 0. The standard InChI is InChI=1S/C36H51N3O11/c1-21(8-12-30-34(44)36(20-47-36)18-26(49-30)17-33(43)50-39-31(41)13-14-32(39)42)7-11-29-23(3)16-27(24(4)48-29)37-25-9-10-28(22(2)6-5-15-40)38(19-25)35(45)46/h5-8,12,15,22-30,34,37,44H,9-11,13-14,16-20H2,1-4H3,(H,45,46)/t22?,23-,24+,25?,26+,27+,28-,29-,30+,34+,36+/m0/s1. The molecule has 5 rings (SSSR count). The fourth-order valence-corrected chi connectivity index (χ4v) is 7.69. The van der Waals surface area contributed by atoms with E-state index in [0.717, 1.165) is 18.4 Å². The number of nitrogens with one attached hydrogen (secondary N) is 1. The number of aliphatic hydroxyl groups is 1. The average Bonchev–Trinajstić information content (AvgIpc) is 3.78. The Morgan fingerprint density at radius 1 is 1.16 bits per heavy atom. The molecule has 0 radical (unpaired) electrons. The molecule has 0 aromatic heterocycles. The van der Waals surface area contributed by atoms with Gasteiger partial charge in [0.1, 0.15) is 24.1 Å². The van der Waals surface area contributed by atoms with Gasteiger partial charge in [0.05, 0.1) is 31.3 Å². The molecule has 2 unspecified atom stereocenters. The lowest BCUT2D eigenvalue weighted by molar-refractivity contribution is -0.202. The molecular weight excluding hydrogens is 650 g/mol. The largest absolute Gasteiger partial charge is 0.465 e. The average molecular weight is 702 g/mol. The molecule has 14 heteroatoms. The van der Waals surface area contributed by atoms with Crippen LogP contribution in [0.15, 0.2) is 36.0 Å². The second-order valence-electron chi connectivity index (χ2n) is 14.5. The third kappa shape index (κ3) is 9.07. The van der Waals surface area contributed by atoms with Crippen molar-refractivity contribution in [2.75, 3.05) is 13.2 Å². The molecule has 0 bridgehead atoms. The van der Waals surface area contributed by atoms with Crippen LogP contribution in [0.5, 0.6) is 0 Å². The number of carboxylic acid groups (broad SMARTS) is 1. The minimum Gasteiger partial charge on any atom is -0.465 e. The zero-order chi connectivity index (χ0) is 36.2. The highest BCUT2D eigenvalue weighted by atomic mass is 16.7. The van der Waals surface area contributed by atoms with E-state index in [1.54, 1.807) is 12.2 Å². The van der Waals surface area contributed by atoms with Crippen molar-refractivity contribution in [1.29, 1.82) is 0 Å². The third-order valence-electron chi connectivity index (χ3n) is 10.7. The van der Waals surface area contributed by atoms with Gasteiger partial charge in [0, 0.05) is 43.9 Å². The molecule has 0 aromatic carbocycles. The van der Waals surface area contributed by atoms with E-state index in [1.165, 1.54) is 11.0 Å². The smallest absolute Gasteiger partial charge is 0.407 e. The Bertz CT molecular complexity index is 1360. The highest BCUT2D eigenvalue weighted by Crippen LogP contribution is 2.43. The summed E-state index contributed by atoms with van der Waals surface area (Å²) in [6.07, 6.45) is 9.52. The van der Waals surface area contributed by atoms with Crippen LogP contribution in [0, 0.1) is 11.8 Å². The van der Waals surface area contributed by atoms with E-state index in [0.29, 0.717) is 37.3 Å². The summed E-state index contributed by atoms with van der Waals surface area (Å²) in [4.78, 5) is 65.5. The van der Waals surface area contributed by atoms with Gasteiger partial charge in [-0.1, -0.05) is 43.7 Å². The number of ether oxygens (including phenoxy) is 3. The number of nitrogens with zero attached hydrogens (tertiary/aromatic N) is 2. The quantitative estimate of drug-likeness (QED) is 0.0891. The molecule has 0 aromatic rings. The van der Waals surface area contributed by atoms with Crippen LogP contribution < -0.4 is 5.32 Å². The number of amides is 3. The number of carbonyl (C=O) groups is 5. The van der Waals surface area contributed by atoms with Crippen molar-refractivity contribution in [1.82, 2.24) is 15.3 Å². The van der Waals surface area contributed by atoms with Gasteiger partial charge in [0.15, 0.2) is 0 Å². The monoisotopic (exact) mass is 701 g/mol. The second kappa shape index (κ2) is 16.3. The Balaban J connectivity index is 1.10. The number of rotatable bonds is 12. The summed E-state index contributed by atoms with van der Waals surface area (Å²) in [6, 6.07) is -0.0755. The van der Waals surface area contributed by atoms with Crippen molar-refractivity contribution in [3.8, 4) is 0 Å². The van der Waals surface area contributed by atoms with Crippen LogP contribution in [0.3, 0.4) is 0 Å². The number of hydrogen-bond donors (Lipinski definition) is 3. The van der Waals surface area contributed by atoms with Crippen LogP contribution in [0.25, 0.3) is 0 Å². The molecule has 0 saturated carbocycles. The first kappa shape index (κ1) is 37.8. The second-order valence-corrected chi connectivity index (χ2v) is 14.5. The molecule has 5 fully saturated rings. The van der Waals surface area contributed by atoms with Crippen LogP contribution in [0.1, 0.15) is 79.1 Å². The topological polar surface area (TPSA) is 185 Å². The van der Waals surface area contributed by atoms with Crippen molar-refractivity contribution in [3.63, 3.8) is 0 Å². The number of likely N-dealkylation sites (tertiary alicyclic amines) is 1. The fourth-order valence-electron chi connectivity index (χ4n) is 7.69. The van der Waals surface area contributed by atoms with Gasteiger partial charge in [-0.3, -0.25) is 14.4 Å². The summed E-state index contributed by atoms with van der Waals surface area (Å²) in [6.45, 7) is 8.82. The minimum atomic E-state index is -0.953. The molecule has 5 heterocycles. The number of allylic oxidation sites excluding steroid dienone is 3. The van der Waals surface area contributed by atoms with Crippen molar-refractivity contribution >= 4 is 30.2 Å². The van der Waals surface area contributed by atoms with Gasteiger partial charge in [0.2, 0.25) is 0 Å². The normalized spacial score (nSPS) is 37.1. The first-order chi connectivity index (χ1) is 23.8. The maximum Gasteiger partial charge on any atom is 0.407 e. The SMILES string of the molecule is CC(C=C[C@H]1O[C@H](CC(=O)ON2C(=O)CCC2=O)C[C@@]2(CO2)[C@@H]1O)=CC[C@@H]1O[C@H](C)[C@H](NC2CC[C@@H](C(C)C=CC=O)N(C(=O)O)C2)C[C@@H]1C. The molecule has 1 spiro atoms. The number of imide groups is 1. The van der Waals surface area contributed by atoms with E-state index in [-0.39, 0.29) is 67.9 Å². The van der Waals surface area contributed by atoms with E-state index in [9.17, 15) is 34.2 Å². The van der Waals surface area contributed by atoms with E-state index in [1.807, 2.05) is 26.8 Å². The maximum atomic E-state index is 12.5. The lowest BCUT2D eigenvalue weighted by atomic mass is 9.86. The summed E-state index contributed by atoms with van der Waals surface area (Å²) in [5, 5.41) is 25.1. The molecule has 3 amide bonds. The van der Waals surface area contributed by atoms with Crippen molar-refractivity contribution in [3.05, 3.63) is 36.0 Å². The summed E-state index contributed by atoms with van der Waals surface area (Å²) < 4.78 is 18.1. The Morgan fingerprint density at radius 2 is 1.88 bits per heavy atom. The summed E-state index contributed by atoms with van der Waals surface area (Å²) in [5.41, 5.74) is 0.143. The van der Waals surface area contributed by atoms with E-state index < -0.39 is 47.8 Å². The number of epoxide rings is 1. The molecule has 50 heavy (non-hydrogen) atoms. The Hall–Kier alpha value is -3.43. The van der Waals surface area contributed by atoms with Crippen molar-refractivity contribution in [2.45, 2.75) is 133 Å². The number of aldehydes is 1. The number of aliphatic hydroxyl groups excluding tert-OH is 1. The van der Waals surface area contributed by atoms with Gasteiger partial charge in [-0.25, -0.2) is 9.59 Å². The van der Waals surface area contributed by atoms with E-state index >= 15 is 0 Å². The van der Waals surface area contributed by atoms with Gasteiger partial charge in [-0.2, -0.15) is 0 Å². The van der Waals surface area contributed by atoms with Gasteiger partial charge in [-0.05, 0) is 57.4 Å². The van der Waals surface area contributed by atoms with Crippen molar-refractivity contribution in [2.24, 2.45) is 11.8 Å². The number of hydroxylamine groups is 2. The van der Waals surface area contributed by atoms with Gasteiger partial charge >= 0.3 is 12.1 Å². The Morgan fingerprint density at radius 3 is 2.54 bits per heavy atom. The number of piperidine rings is 1. The highest BCUT2D eigenvalue weighted by molar-refractivity contribution is 6.01. The van der Waals surface area contributed by atoms with Gasteiger partial charge in [0.25, 0.3) is 11.8 Å².